The minimum absolute atomic E-state index is 0.495. The number of imidazole rings is 1. The monoisotopic (exact) mass is 237 g/mol. The third-order valence-electron chi connectivity index (χ3n) is 3.88. The first kappa shape index (κ1) is 12.6. The summed E-state index contributed by atoms with van der Waals surface area (Å²) in [5.74, 6) is 0.771. The lowest BCUT2D eigenvalue weighted by Gasteiger charge is -2.35. The van der Waals surface area contributed by atoms with Crippen LogP contribution in [0, 0.1) is 5.92 Å². The lowest BCUT2D eigenvalue weighted by atomic mass is 9.79. The van der Waals surface area contributed by atoms with Gasteiger partial charge < -0.3 is 15.0 Å². The molecule has 0 radical (unpaired) electrons. The SMILES string of the molecule is CC1CCC(O)(CNCc2cncn2C)CC1. The normalized spacial score (nSPS) is 29.5. The largest absolute Gasteiger partial charge is 0.389 e. The van der Waals surface area contributed by atoms with Crippen LogP contribution in [0.25, 0.3) is 0 Å². The van der Waals surface area contributed by atoms with Gasteiger partial charge in [-0.3, -0.25) is 0 Å². The number of nitrogens with one attached hydrogen (secondary N) is 1. The molecule has 1 heterocycles. The van der Waals surface area contributed by atoms with Crippen molar-refractivity contribution in [2.24, 2.45) is 13.0 Å². The molecular weight excluding hydrogens is 214 g/mol. The zero-order valence-corrected chi connectivity index (χ0v) is 10.8. The predicted octanol–water partition coefficient (Wildman–Crippen LogP) is 1.45. The first-order chi connectivity index (χ1) is 8.09. The average molecular weight is 237 g/mol. The number of nitrogens with zero attached hydrogens (tertiary/aromatic N) is 2. The highest BCUT2D eigenvalue weighted by Crippen LogP contribution is 2.31. The number of aryl methyl sites for hydroxylation is 1. The van der Waals surface area contributed by atoms with Crippen LogP contribution in [0.3, 0.4) is 0 Å². The van der Waals surface area contributed by atoms with Crippen molar-refractivity contribution in [2.45, 2.75) is 44.8 Å². The third kappa shape index (κ3) is 3.30. The van der Waals surface area contributed by atoms with Crippen molar-refractivity contribution in [3.05, 3.63) is 18.2 Å². The quantitative estimate of drug-likeness (QED) is 0.833. The van der Waals surface area contributed by atoms with E-state index in [0.29, 0.717) is 6.54 Å². The molecule has 4 nitrogen and oxygen atoms in total. The summed E-state index contributed by atoms with van der Waals surface area (Å²) in [4.78, 5) is 4.07. The molecule has 0 unspecified atom stereocenters. The van der Waals surface area contributed by atoms with E-state index in [1.54, 1.807) is 6.33 Å². The van der Waals surface area contributed by atoms with Gasteiger partial charge in [-0.25, -0.2) is 4.98 Å². The molecule has 0 saturated heterocycles. The Morgan fingerprint density at radius 1 is 1.53 bits per heavy atom. The van der Waals surface area contributed by atoms with Gasteiger partial charge in [0.2, 0.25) is 0 Å². The molecule has 0 spiro atoms. The molecule has 0 atom stereocenters. The Kier molecular flexibility index (Phi) is 3.84. The molecule has 2 N–H and O–H groups in total. The molecule has 96 valence electrons. The van der Waals surface area contributed by atoms with Gasteiger partial charge in [-0.2, -0.15) is 0 Å². The molecule has 1 aromatic heterocycles. The van der Waals surface area contributed by atoms with Crippen molar-refractivity contribution >= 4 is 0 Å². The highest BCUT2D eigenvalue weighted by molar-refractivity contribution is 4.97. The van der Waals surface area contributed by atoms with E-state index in [9.17, 15) is 5.11 Å². The maximum absolute atomic E-state index is 10.4. The average Bonchev–Trinajstić information content (AvgIpc) is 2.70. The number of aromatic nitrogens is 2. The van der Waals surface area contributed by atoms with Crippen molar-refractivity contribution < 1.29 is 5.11 Å². The summed E-state index contributed by atoms with van der Waals surface area (Å²) in [5.41, 5.74) is 0.656. The van der Waals surface area contributed by atoms with Gasteiger partial charge in [0, 0.05) is 26.3 Å². The summed E-state index contributed by atoms with van der Waals surface area (Å²) >= 11 is 0. The Morgan fingerprint density at radius 2 is 2.24 bits per heavy atom. The second kappa shape index (κ2) is 5.19. The fourth-order valence-electron chi connectivity index (χ4n) is 2.45. The Labute approximate surface area is 103 Å². The molecule has 1 aliphatic rings. The predicted molar refractivity (Wildman–Crippen MR) is 67.5 cm³/mol. The van der Waals surface area contributed by atoms with Crippen LogP contribution in [0.15, 0.2) is 12.5 Å². The molecule has 17 heavy (non-hydrogen) atoms. The van der Waals surface area contributed by atoms with E-state index >= 15 is 0 Å². The van der Waals surface area contributed by atoms with Crippen LogP contribution in [0.1, 0.15) is 38.3 Å². The Hall–Kier alpha value is -0.870. The molecule has 1 fully saturated rings. The van der Waals surface area contributed by atoms with E-state index in [-0.39, 0.29) is 0 Å². The molecule has 2 rings (SSSR count). The fraction of sp³-hybridized carbons (Fsp3) is 0.769. The van der Waals surface area contributed by atoms with Gasteiger partial charge in [0.1, 0.15) is 0 Å². The minimum atomic E-state index is -0.495. The number of aliphatic hydroxyl groups is 1. The van der Waals surface area contributed by atoms with Crippen molar-refractivity contribution in [3.63, 3.8) is 0 Å². The summed E-state index contributed by atoms with van der Waals surface area (Å²) in [7, 11) is 1.99. The van der Waals surface area contributed by atoms with Crippen molar-refractivity contribution in [2.75, 3.05) is 6.54 Å². The number of hydrogen-bond donors (Lipinski definition) is 2. The van der Waals surface area contributed by atoms with Crippen LogP contribution in [-0.2, 0) is 13.6 Å². The fourth-order valence-corrected chi connectivity index (χ4v) is 2.45. The van der Waals surface area contributed by atoms with E-state index in [0.717, 1.165) is 43.8 Å². The maximum Gasteiger partial charge on any atom is 0.0945 e. The molecule has 1 aromatic rings. The zero-order chi connectivity index (χ0) is 12.3. The van der Waals surface area contributed by atoms with Crippen LogP contribution < -0.4 is 5.32 Å². The van der Waals surface area contributed by atoms with Gasteiger partial charge in [0.25, 0.3) is 0 Å². The van der Waals surface area contributed by atoms with Crippen LogP contribution in [0.4, 0.5) is 0 Å². The highest BCUT2D eigenvalue weighted by atomic mass is 16.3. The maximum atomic E-state index is 10.4. The molecule has 0 amide bonds. The second-order valence-electron chi connectivity index (χ2n) is 5.51. The molecular formula is C13H23N3O. The van der Waals surface area contributed by atoms with Crippen LogP contribution in [0.2, 0.25) is 0 Å². The third-order valence-corrected chi connectivity index (χ3v) is 3.88. The van der Waals surface area contributed by atoms with Crippen LogP contribution >= 0.6 is 0 Å². The van der Waals surface area contributed by atoms with Gasteiger partial charge in [-0.15, -0.1) is 0 Å². The molecule has 1 aliphatic carbocycles. The van der Waals surface area contributed by atoms with E-state index in [4.69, 9.17) is 0 Å². The van der Waals surface area contributed by atoms with Gasteiger partial charge in [-0.1, -0.05) is 6.92 Å². The second-order valence-corrected chi connectivity index (χ2v) is 5.51. The first-order valence-electron chi connectivity index (χ1n) is 6.47. The first-order valence-corrected chi connectivity index (χ1v) is 6.47. The Bertz CT molecular complexity index is 353. The Balaban J connectivity index is 1.76. The topological polar surface area (TPSA) is 50.1 Å². The summed E-state index contributed by atoms with van der Waals surface area (Å²) in [6.07, 6.45) is 7.79. The Morgan fingerprint density at radius 3 is 2.82 bits per heavy atom. The summed E-state index contributed by atoms with van der Waals surface area (Å²) < 4.78 is 2.00. The van der Waals surface area contributed by atoms with E-state index in [2.05, 4.69) is 17.2 Å². The standard InChI is InChI=1S/C13H23N3O/c1-11-3-5-13(17,6-4-11)9-14-7-12-8-15-10-16(12)2/h8,10-11,14,17H,3-7,9H2,1-2H3. The smallest absolute Gasteiger partial charge is 0.0945 e. The van der Waals surface area contributed by atoms with Crippen molar-refractivity contribution in [1.29, 1.82) is 0 Å². The zero-order valence-electron chi connectivity index (χ0n) is 10.8. The lowest BCUT2D eigenvalue weighted by Crippen LogP contribution is -2.43. The summed E-state index contributed by atoms with van der Waals surface area (Å²) in [6, 6.07) is 0. The number of hydrogen-bond acceptors (Lipinski definition) is 3. The minimum Gasteiger partial charge on any atom is -0.389 e. The van der Waals surface area contributed by atoms with Crippen LogP contribution in [0.5, 0.6) is 0 Å². The van der Waals surface area contributed by atoms with Gasteiger partial charge in [0.15, 0.2) is 0 Å². The van der Waals surface area contributed by atoms with Gasteiger partial charge in [-0.05, 0) is 31.6 Å². The summed E-state index contributed by atoms with van der Waals surface area (Å²) in [5, 5.41) is 13.7. The summed E-state index contributed by atoms with van der Waals surface area (Å²) in [6.45, 7) is 3.72. The van der Waals surface area contributed by atoms with Gasteiger partial charge in [0.05, 0.1) is 17.6 Å². The number of rotatable bonds is 4. The van der Waals surface area contributed by atoms with Gasteiger partial charge >= 0.3 is 0 Å². The van der Waals surface area contributed by atoms with Crippen LogP contribution in [-0.4, -0.2) is 26.8 Å². The van der Waals surface area contributed by atoms with E-state index in [1.165, 1.54) is 0 Å². The molecule has 1 saturated carbocycles. The van der Waals surface area contributed by atoms with E-state index < -0.39 is 5.60 Å². The molecule has 0 bridgehead atoms. The highest BCUT2D eigenvalue weighted by Gasteiger charge is 2.31. The van der Waals surface area contributed by atoms with Crippen molar-refractivity contribution in [3.8, 4) is 0 Å². The molecule has 0 aromatic carbocycles. The molecule has 0 aliphatic heterocycles. The van der Waals surface area contributed by atoms with Crippen molar-refractivity contribution in [1.82, 2.24) is 14.9 Å². The molecule has 4 heteroatoms. The van der Waals surface area contributed by atoms with E-state index in [1.807, 2.05) is 17.8 Å². The lowest BCUT2D eigenvalue weighted by molar-refractivity contribution is -0.00639.